The summed E-state index contributed by atoms with van der Waals surface area (Å²) in [5, 5.41) is 5.75. The van der Waals surface area contributed by atoms with Crippen molar-refractivity contribution in [1.82, 2.24) is 5.43 Å². The molecule has 4 rings (SSSR count). The van der Waals surface area contributed by atoms with Gasteiger partial charge in [0.2, 0.25) is 0 Å². The number of esters is 1. The van der Waals surface area contributed by atoms with Crippen LogP contribution in [0.3, 0.4) is 0 Å². The Kier molecular flexibility index (Phi) is 7.25. The minimum Gasteiger partial charge on any atom is -0.484 e. The van der Waals surface area contributed by atoms with Crippen LogP contribution in [0.25, 0.3) is 11.1 Å². The van der Waals surface area contributed by atoms with Gasteiger partial charge in [-0.3, -0.25) is 4.79 Å². The van der Waals surface area contributed by atoms with Crippen LogP contribution in [0.15, 0.2) is 101 Å². The third-order valence-electron chi connectivity index (χ3n) is 4.53. The van der Waals surface area contributed by atoms with Gasteiger partial charge in [0.15, 0.2) is 6.61 Å². The maximum atomic E-state index is 12.1. The van der Waals surface area contributed by atoms with E-state index in [1.807, 2.05) is 60.0 Å². The van der Waals surface area contributed by atoms with Crippen molar-refractivity contribution >= 4 is 29.4 Å². The highest BCUT2D eigenvalue weighted by atomic mass is 32.1. The van der Waals surface area contributed by atoms with Crippen LogP contribution < -0.4 is 14.9 Å². The molecular weight excluding hydrogens is 436 g/mol. The highest BCUT2D eigenvalue weighted by Gasteiger charge is 2.09. The van der Waals surface area contributed by atoms with E-state index in [2.05, 4.69) is 10.5 Å². The van der Waals surface area contributed by atoms with E-state index in [0.29, 0.717) is 21.9 Å². The topological polar surface area (TPSA) is 77.0 Å². The van der Waals surface area contributed by atoms with Gasteiger partial charge >= 0.3 is 5.97 Å². The van der Waals surface area contributed by atoms with Crippen molar-refractivity contribution in [3.8, 4) is 22.6 Å². The van der Waals surface area contributed by atoms with Gasteiger partial charge in [-0.1, -0.05) is 60.7 Å². The van der Waals surface area contributed by atoms with Crippen LogP contribution in [0.2, 0.25) is 0 Å². The van der Waals surface area contributed by atoms with Crippen molar-refractivity contribution in [2.45, 2.75) is 0 Å². The predicted octanol–water partition coefficient (Wildman–Crippen LogP) is 5.16. The van der Waals surface area contributed by atoms with Crippen molar-refractivity contribution in [1.29, 1.82) is 0 Å². The average molecular weight is 457 g/mol. The van der Waals surface area contributed by atoms with Gasteiger partial charge in [0.25, 0.3) is 5.91 Å². The summed E-state index contributed by atoms with van der Waals surface area (Å²) in [6, 6.07) is 27.9. The van der Waals surface area contributed by atoms with Gasteiger partial charge in [-0.15, -0.1) is 11.3 Å². The Morgan fingerprint density at radius 2 is 1.64 bits per heavy atom. The summed E-state index contributed by atoms with van der Waals surface area (Å²) in [6.07, 6.45) is 1.47. The number of nitrogens with zero attached hydrogens (tertiary/aromatic N) is 1. The first-order valence-corrected chi connectivity index (χ1v) is 11.0. The quantitative estimate of drug-likeness (QED) is 0.172. The van der Waals surface area contributed by atoms with E-state index in [4.69, 9.17) is 9.47 Å². The first-order valence-electron chi connectivity index (χ1n) is 10.1. The minimum atomic E-state index is -0.415. The molecular formula is C26H20N2O4S. The summed E-state index contributed by atoms with van der Waals surface area (Å²) in [5.74, 6) is 0.181. The molecule has 0 fully saturated rings. The van der Waals surface area contributed by atoms with Crippen LogP contribution in [0.4, 0.5) is 0 Å². The molecule has 0 aliphatic rings. The van der Waals surface area contributed by atoms with Crippen molar-refractivity contribution < 1.29 is 19.1 Å². The molecule has 164 valence electrons. The second-order valence-electron chi connectivity index (χ2n) is 6.91. The second kappa shape index (κ2) is 10.9. The molecule has 0 saturated heterocycles. The zero-order valence-corrected chi connectivity index (χ0v) is 18.3. The molecule has 33 heavy (non-hydrogen) atoms. The summed E-state index contributed by atoms with van der Waals surface area (Å²) in [7, 11) is 0. The molecule has 0 saturated carbocycles. The van der Waals surface area contributed by atoms with E-state index in [1.54, 1.807) is 36.4 Å². The van der Waals surface area contributed by atoms with Crippen LogP contribution in [-0.4, -0.2) is 24.7 Å². The fourth-order valence-corrected chi connectivity index (χ4v) is 3.54. The molecule has 0 radical (unpaired) electrons. The van der Waals surface area contributed by atoms with Crippen LogP contribution in [-0.2, 0) is 4.79 Å². The van der Waals surface area contributed by atoms with Crippen molar-refractivity contribution in [3.63, 3.8) is 0 Å². The lowest BCUT2D eigenvalue weighted by Gasteiger charge is -2.07. The Balaban J connectivity index is 1.25. The lowest BCUT2D eigenvalue weighted by atomic mass is 10.1. The highest BCUT2D eigenvalue weighted by Crippen LogP contribution is 2.22. The first-order chi connectivity index (χ1) is 16.2. The molecule has 1 N–H and O–H groups in total. The maximum Gasteiger partial charge on any atom is 0.353 e. The third-order valence-corrected chi connectivity index (χ3v) is 5.38. The molecule has 0 unspecified atom stereocenters. The maximum absolute atomic E-state index is 12.1. The van der Waals surface area contributed by atoms with Gasteiger partial charge in [-0.2, -0.15) is 5.10 Å². The number of hydrogen-bond acceptors (Lipinski definition) is 6. The summed E-state index contributed by atoms with van der Waals surface area (Å²) < 4.78 is 10.9. The Bertz CT molecular complexity index is 1240. The molecule has 1 amide bonds. The number of amides is 1. The van der Waals surface area contributed by atoms with E-state index < -0.39 is 11.9 Å². The monoisotopic (exact) mass is 456 g/mol. The van der Waals surface area contributed by atoms with Crippen molar-refractivity contribution in [3.05, 3.63) is 107 Å². The summed E-state index contributed by atoms with van der Waals surface area (Å²) in [5.41, 5.74) is 5.27. The molecule has 1 aromatic heterocycles. The van der Waals surface area contributed by atoms with Gasteiger partial charge in [0.1, 0.15) is 16.4 Å². The van der Waals surface area contributed by atoms with Gasteiger partial charge in [0.05, 0.1) is 6.21 Å². The van der Waals surface area contributed by atoms with Crippen LogP contribution in [0.1, 0.15) is 15.2 Å². The number of nitrogens with one attached hydrogen (secondary N) is 1. The molecule has 0 aliphatic heterocycles. The lowest BCUT2D eigenvalue weighted by molar-refractivity contribution is -0.123. The highest BCUT2D eigenvalue weighted by molar-refractivity contribution is 7.12. The number of benzene rings is 3. The fourth-order valence-electron chi connectivity index (χ4n) is 2.94. The Morgan fingerprint density at radius 3 is 2.39 bits per heavy atom. The molecule has 1 heterocycles. The number of ether oxygens (including phenoxy) is 2. The lowest BCUT2D eigenvalue weighted by Crippen LogP contribution is -2.24. The summed E-state index contributed by atoms with van der Waals surface area (Å²) in [4.78, 5) is 24.6. The van der Waals surface area contributed by atoms with E-state index in [1.165, 1.54) is 17.6 Å². The zero-order chi connectivity index (χ0) is 22.9. The normalized spacial score (nSPS) is 10.7. The Morgan fingerprint density at radius 1 is 0.848 bits per heavy atom. The van der Waals surface area contributed by atoms with E-state index >= 15 is 0 Å². The fraction of sp³-hybridized carbons (Fsp3) is 0.0385. The number of hydrazone groups is 1. The number of rotatable bonds is 8. The van der Waals surface area contributed by atoms with Crippen molar-refractivity contribution in [2.75, 3.05) is 6.61 Å². The van der Waals surface area contributed by atoms with Gasteiger partial charge < -0.3 is 9.47 Å². The standard InChI is InChI=1S/C26H20N2O4S/c29-25(18-31-22-13-11-21(12-14-22)20-7-2-1-3-8-20)28-27-17-19-6-4-9-23(16-19)32-26(30)24-10-5-15-33-24/h1-17H,18H2,(H,28,29). The zero-order valence-electron chi connectivity index (χ0n) is 17.5. The molecule has 0 atom stereocenters. The Labute approximate surface area is 195 Å². The molecule has 0 aliphatic carbocycles. The van der Waals surface area contributed by atoms with Gasteiger partial charge in [-0.25, -0.2) is 10.2 Å². The number of hydrogen-bond donors (Lipinski definition) is 1. The van der Waals surface area contributed by atoms with E-state index in [-0.39, 0.29) is 6.61 Å². The SMILES string of the molecule is O=C(COc1ccc(-c2ccccc2)cc1)NN=Cc1cccc(OC(=O)c2cccs2)c1. The third kappa shape index (κ3) is 6.38. The number of carbonyl (C=O) groups is 2. The van der Waals surface area contributed by atoms with Gasteiger partial charge in [-0.05, 0) is 52.4 Å². The van der Waals surface area contributed by atoms with Crippen LogP contribution in [0.5, 0.6) is 11.5 Å². The van der Waals surface area contributed by atoms with Gasteiger partial charge in [0, 0.05) is 0 Å². The molecule has 0 bridgehead atoms. The van der Waals surface area contributed by atoms with E-state index in [0.717, 1.165) is 11.1 Å². The van der Waals surface area contributed by atoms with Crippen molar-refractivity contribution in [2.24, 2.45) is 5.10 Å². The molecule has 3 aromatic carbocycles. The van der Waals surface area contributed by atoms with E-state index in [9.17, 15) is 9.59 Å². The van der Waals surface area contributed by atoms with Crippen LogP contribution >= 0.6 is 11.3 Å². The Hall–Kier alpha value is -4.23. The number of thiophene rings is 1. The van der Waals surface area contributed by atoms with Crippen LogP contribution in [0, 0.1) is 0 Å². The summed E-state index contributed by atoms with van der Waals surface area (Å²) in [6.45, 7) is -0.166. The smallest absolute Gasteiger partial charge is 0.353 e. The minimum absolute atomic E-state index is 0.166. The predicted molar refractivity (Wildman–Crippen MR) is 129 cm³/mol. The average Bonchev–Trinajstić information content (AvgIpc) is 3.39. The molecule has 7 heteroatoms. The molecule has 0 spiro atoms. The number of carbonyl (C=O) groups excluding carboxylic acids is 2. The molecule has 4 aromatic rings. The summed E-state index contributed by atoms with van der Waals surface area (Å²) >= 11 is 1.31. The second-order valence-corrected chi connectivity index (χ2v) is 7.86. The first kappa shape index (κ1) is 22.0. The largest absolute Gasteiger partial charge is 0.484 e. The molecule has 6 nitrogen and oxygen atoms in total.